The summed E-state index contributed by atoms with van der Waals surface area (Å²) < 4.78 is 11.9. The lowest BCUT2D eigenvalue weighted by Gasteiger charge is -2.16. The van der Waals surface area contributed by atoms with Crippen molar-refractivity contribution < 1.29 is 13.9 Å². The van der Waals surface area contributed by atoms with Gasteiger partial charge in [-0.15, -0.1) is 0 Å². The number of hydrogen-bond acceptors (Lipinski definition) is 6. The Morgan fingerprint density at radius 3 is 3.08 bits per heavy atom. The summed E-state index contributed by atoms with van der Waals surface area (Å²) in [4.78, 5) is 22.0. The minimum atomic E-state index is -0.0686. The quantitative estimate of drug-likeness (QED) is 0.819. The molecule has 138 valence electrons. The van der Waals surface area contributed by atoms with Gasteiger partial charge in [-0.25, -0.2) is 4.98 Å². The van der Waals surface area contributed by atoms with Crippen molar-refractivity contribution in [2.45, 2.75) is 51.3 Å². The van der Waals surface area contributed by atoms with Gasteiger partial charge in [-0.3, -0.25) is 14.7 Å². The van der Waals surface area contributed by atoms with Crippen LogP contribution in [-0.4, -0.2) is 40.0 Å². The van der Waals surface area contributed by atoms with E-state index in [4.69, 9.17) is 9.15 Å². The number of rotatable bonds is 7. The fourth-order valence-corrected chi connectivity index (χ4v) is 3.22. The Kier molecular flexibility index (Phi) is 4.88. The van der Waals surface area contributed by atoms with Crippen LogP contribution in [0.15, 0.2) is 28.9 Å². The van der Waals surface area contributed by atoms with Crippen LogP contribution < -0.4 is 10.1 Å². The van der Waals surface area contributed by atoms with E-state index in [9.17, 15) is 4.79 Å². The molecule has 26 heavy (non-hydrogen) atoms. The highest BCUT2D eigenvalue weighted by Gasteiger charge is 2.29. The number of carbonyl (C=O) groups is 1. The minimum absolute atomic E-state index is 0.0686. The number of likely N-dealkylation sites (tertiary alicyclic amines) is 1. The first-order valence-corrected chi connectivity index (χ1v) is 9.18. The summed E-state index contributed by atoms with van der Waals surface area (Å²) in [7, 11) is 0. The zero-order valence-corrected chi connectivity index (χ0v) is 15.0. The van der Waals surface area contributed by atoms with Crippen LogP contribution in [0.3, 0.4) is 0 Å². The molecule has 2 aromatic heterocycles. The van der Waals surface area contributed by atoms with Crippen molar-refractivity contribution in [2.75, 3.05) is 13.1 Å². The fraction of sp³-hybridized carbons (Fsp3) is 0.526. The molecule has 1 saturated carbocycles. The first kappa shape index (κ1) is 17.0. The molecule has 3 heterocycles. The Balaban J connectivity index is 1.28. The molecule has 1 N–H and O–H groups in total. The van der Waals surface area contributed by atoms with Gasteiger partial charge in [0.05, 0.1) is 25.0 Å². The van der Waals surface area contributed by atoms with Crippen molar-refractivity contribution in [3.8, 4) is 5.75 Å². The molecule has 0 aromatic carbocycles. The summed E-state index contributed by atoms with van der Waals surface area (Å²) in [5.41, 5.74) is 0.792. The number of ether oxygens (including phenoxy) is 1. The number of nitrogens with zero attached hydrogens (tertiary/aromatic N) is 3. The van der Waals surface area contributed by atoms with Gasteiger partial charge in [-0.1, -0.05) is 0 Å². The van der Waals surface area contributed by atoms with Gasteiger partial charge in [0.2, 0.25) is 11.8 Å². The van der Waals surface area contributed by atoms with Crippen LogP contribution in [0.25, 0.3) is 0 Å². The Labute approximate surface area is 152 Å². The molecule has 2 aromatic rings. The van der Waals surface area contributed by atoms with E-state index in [1.807, 2.05) is 18.3 Å². The highest BCUT2D eigenvalue weighted by Crippen LogP contribution is 2.40. The van der Waals surface area contributed by atoms with Gasteiger partial charge < -0.3 is 14.5 Å². The van der Waals surface area contributed by atoms with Crippen molar-refractivity contribution >= 4 is 5.91 Å². The van der Waals surface area contributed by atoms with Crippen LogP contribution in [0.1, 0.15) is 49.4 Å². The van der Waals surface area contributed by atoms with Crippen LogP contribution in [0.2, 0.25) is 0 Å². The van der Waals surface area contributed by atoms with E-state index in [0.29, 0.717) is 12.5 Å². The average Bonchev–Trinajstić information content (AvgIpc) is 3.22. The van der Waals surface area contributed by atoms with Gasteiger partial charge in [-0.05, 0) is 25.3 Å². The van der Waals surface area contributed by atoms with E-state index in [-0.39, 0.29) is 12.0 Å². The number of aromatic nitrogens is 2. The third-order valence-electron chi connectivity index (χ3n) is 4.75. The summed E-state index contributed by atoms with van der Waals surface area (Å²) in [5.74, 6) is 3.16. The minimum Gasteiger partial charge on any atom is -0.489 e. The molecule has 0 spiro atoms. The van der Waals surface area contributed by atoms with Crippen LogP contribution in [0.5, 0.6) is 5.75 Å². The van der Waals surface area contributed by atoms with E-state index in [1.54, 1.807) is 6.20 Å². The lowest BCUT2D eigenvalue weighted by atomic mass is 10.3. The molecule has 1 aliphatic carbocycles. The molecule has 1 unspecified atom stereocenters. The van der Waals surface area contributed by atoms with Gasteiger partial charge in [-0.2, -0.15) is 0 Å². The van der Waals surface area contributed by atoms with Crippen LogP contribution >= 0.6 is 0 Å². The molecule has 1 atom stereocenters. The molecule has 1 saturated heterocycles. The van der Waals surface area contributed by atoms with E-state index in [0.717, 1.165) is 49.1 Å². The van der Waals surface area contributed by atoms with Crippen LogP contribution in [0.4, 0.5) is 0 Å². The van der Waals surface area contributed by atoms with Gasteiger partial charge in [0.25, 0.3) is 0 Å². The Hall–Kier alpha value is -2.41. The maximum Gasteiger partial charge on any atom is 0.217 e. The standard InChI is InChI=1S/C19H24N4O3/c1-13(24)21-9-15-8-16(4-6-20-15)25-17-5-7-23(11-17)12-19-22-10-18(26-19)14-2-3-14/h4,6,8,10,14,17H,2-3,5,7,9,11-12H2,1H3,(H,21,24). The van der Waals surface area contributed by atoms with E-state index < -0.39 is 0 Å². The Morgan fingerprint density at radius 2 is 2.27 bits per heavy atom. The topological polar surface area (TPSA) is 80.5 Å². The summed E-state index contributed by atoms with van der Waals surface area (Å²) in [6.45, 7) is 4.46. The van der Waals surface area contributed by atoms with Crippen molar-refractivity contribution in [1.29, 1.82) is 0 Å². The molecule has 7 nitrogen and oxygen atoms in total. The molecule has 0 radical (unpaired) electrons. The molecule has 1 amide bonds. The average molecular weight is 356 g/mol. The normalized spacial score (nSPS) is 20.3. The third kappa shape index (κ3) is 4.40. The molecular formula is C19H24N4O3. The molecular weight excluding hydrogens is 332 g/mol. The lowest BCUT2D eigenvalue weighted by molar-refractivity contribution is -0.119. The maximum absolute atomic E-state index is 11.0. The van der Waals surface area contributed by atoms with E-state index in [1.165, 1.54) is 19.8 Å². The van der Waals surface area contributed by atoms with E-state index in [2.05, 4.69) is 20.2 Å². The second-order valence-electron chi connectivity index (χ2n) is 7.09. The Bertz CT molecular complexity index is 772. The molecule has 1 aliphatic heterocycles. The fourth-order valence-electron chi connectivity index (χ4n) is 3.22. The van der Waals surface area contributed by atoms with Gasteiger partial charge in [0, 0.05) is 38.2 Å². The number of nitrogens with one attached hydrogen (secondary N) is 1. The van der Waals surface area contributed by atoms with Crippen molar-refractivity contribution in [2.24, 2.45) is 0 Å². The van der Waals surface area contributed by atoms with Crippen molar-refractivity contribution in [1.82, 2.24) is 20.2 Å². The number of carbonyl (C=O) groups excluding carboxylic acids is 1. The summed E-state index contributed by atoms with van der Waals surface area (Å²) in [6, 6.07) is 3.74. The number of amides is 1. The number of hydrogen-bond donors (Lipinski definition) is 1. The first-order chi connectivity index (χ1) is 12.7. The third-order valence-corrected chi connectivity index (χ3v) is 4.75. The predicted molar refractivity (Wildman–Crippen MR) is 94.5 cm³/mol. The SMILES string of the molecule is CC(=O)NCc1cc(OC2CCN(Cc3ncc(C4CC4)o3)C2)ccn1. The van der Waals surface area contributed by atoms with E-state index >= 15 is 0 Å². The first-order valence-electron chi connectivity index (χ1n) is 9.18. The van der Waals surface area contributed by atoms with Gasteiger partial charge in [0.1, 0.15) is 17.6 Å². The van der Waals surface area contributed by atoms with Gasteiger partial charge >= 0.3 is 0 Å². The predicted octanol–water partition coefficient (Wildman–Crippen LogP) is 2.24. The summed E-state index contributed by atoms with van der Waals surface area (Å²) in [6.07, 6.45) is 7.16. The second-order valence-corrected chi connectivity index (χ2v) is 7.09. The molecule has 2 aliphatic rings. The smallest absolute Gasteiger partial charge is 0.217 e. The second kappa shape index (κ2) is 7.45. The van der Waals surface area contributed by atoms with Gasteiger partial charge in [0.15, 0.2) is 0 Å². The molecule has 2 fully saturated rings. The van der Waals surface area contributed by atoms with Crippen LogP contribution in [0, 0.1) is 0 Å². The zero-order chi connectivity index (χ0) is 17.9. The molecule has 0 bridgehead atoms. The zero-order valence-electron chi connectivity index (χ0n) is 15.0. The summed E-state index contributed by atoms with van der Waals surface area (Å²) >= 11 is 0. The maximum atomic E-state index is 11.0. The molecule has 4 rings (SSSR count). The highest BCUT2D eigenvalue weighted by molar-refractivity contribution is 5.72. The Morgan fingerprint density at radius 1 is 1.38 bits per heavy atom. The van der Waals surface area contributed by atoms with Crippen molar-refractivity contribution in [3.05, 3.63) is 41.9 Å². The molecule has 7 heteroatoms. The van der Waals surface area contributed by atoms with Crippen molar-refractivity contribution in [3.63, 3.8) is 0 Å². The number of pyridine rings is 1. The number of oxazole rings is 1. The lowest BCUT2D eigenvalue weighted by Crippen LogP contribution is -2.25. The van der Waals surface area contributed by atoms with Crippen LogP contribution in [-0.2, 0) is 17.9 Å². The monoisotopic (exact) mass is 356 g/mol. The summed E-state index contributed by atoms with van der Waals surface area (Å²) in [5, 5.41) is 2.75. The largest absolute Gasteiger partial charge is 0.489 e. The highest BCUT2D eigenvalue weighted by atomic mass is 16.5.